The second kappa shape index (κ2) is 8.34. The van der Waals surface area contributed by atoms with Gasteiger partial charge in [0.1, 0.15) is 4.88 Å². The Hall–Kier alpha value is -2.72. The van der Waals surface area contributed by atoms with E-state index >= 15 is 0 Å². The molecule has 3 aromatic rings. The number of benzene rings is 2. The molecule has 1 amide bonds. The van der Waals surface area contributed by atoms with Crippen LogP contribution in [0.2, 0.25) is 5.02 Å². The van der Waals surface area contributed by atoms with E-state index in [9.17, 15) is 18.0 Å². The monoisotopic (exact) mass is 450 g/mol. The summed E-state index contributed by atoms with van der Waals surface area (Å²) in [6, 6.07) is 12.6. The minimum atomic E-state index is -4.20. The summed E-state index contributed by atoms with van der Waals surface area (Å²) < 4.78 is 24.9. The number of aryl methyl sites for hydroxylation is 1. The van der Waals surface area contributed by atoms with Crippen LogP contribution in [-0.4, -0.2) is 25.4 Å². The van der Waals surface area contributed by atoms with Crippen LogP contribution in [0.25, 0.3) is 11.1 Å². The van der Waals surface area contributed by atoms with E-state index in [1.165, 1.54) is 11.3 Å². The van der Waals surface area contributed by atoms with Crippen LogP contribution in [0.3, 0.4) is 0 Å². The molecule has 1 heterocycles. The Labute approximate surface area is 176 Å². The molecule has 0 fully saturated rings. The lowest BCUT2D eigenvalue weighted by atomic mass is 10.1. The van der Waals surface area contributed by atoms with Crippen LogP contribution in [-0.2, 0) is 10.0 Å². The summed E-state index contributed by atoms with van der Waals surface area (Å²) in [5, 5.41) is 10.7. The zero-order valence-corrected chi connectivity index (χ0v) is 17.4. The highest BCUT2D eigenvalue weighted by Crippen LogP contribution is 2.28. The van der Waals surface area contributed by atoms with Crippen molar-refractivity contribution >= 4 is 44.8 Å². The molecule has 1 aromatic heterocycles. The molecular weight excluding hydrogens is 436 g/mol. The number of carboxylic acids is 1. The molecule has 2 aromatic carbocycles. The second-order valence-electron chi connectivity index (χ2n) is 6.04. The molecule has 0 aliphatic rings. The zero-order valence-electron chi connectivity index (χ0n) is 15.0. The summed E-state index contributed by atoms with van der Waals surface area (Å²) in [6.07, 6.45) is 0. The Bertz CT molecular complexity index is 1190. The standard InChI is InChI=1S/C19H15ClN2O5S2/c1-11-2-4-12(5-3-11)14-8-9-28-17(14)18(23)21-22-29(26,27)13-6-7-16(20)15(10-13)19(24)25/h2-10,22H,1H3,(H,21,23)(H,24,25). The van der Waals surface area contributed by atoms with Gasteiger partial charge in [0.15, 0.2) is 0 Å². The van der Waals surface area contributed by atoms with Crippen molar-refractivity contribution in [3.8, 4) is 11.1 Å². The quantitative estimate of drug-likeness (QED) is 0.495. The van der Waals surface area contributed by atoms with Crippen molar-refractivity contribution in [3.63, 3.8) is 0 Å². The number of aromatic carboxylic acids is 1. The number of carbonyl (C=O) groups excluding carboxylic acids is 1. The van der Waals surface area contributed by atoms with E-state index in [2.05, 4.69) is 5.43 Å². The Kier molecular flexibility index (Phi) is 6.04. The predicted octanol–water partition coefficient (Wildman–Crippen LogP) is 3.70. The van der Waals surface area contributed by atoms with Gasteiger partial charge in [0.2, 0.25) is 0 Å². The second-order valence-corrected chi connectivity index (χ2v) is 9.04. The molecule has 7 nitrogen and oxygen atoms in total. The van der Waals surface area contributed by atoms with Crippen LogP contribution >= 0.6 is 22.9 Å². The number of nitrogens with one attached hydrogen (secondary N) is 2. The van der Waals surface area contributed by atoms with Gasteiger partial charge >= 0.3 is 5.97 Å². The molecule has 0 aliphatic carbocycles. The highest BCUT2D eigenvalue weighted by atomic mass is 35.5. The van der Waals surface area contributed by atoms with Crippen molar-refractivity contribution in [2.45, 2.75) is 11.8 Å². The molecule has 0 saturated carbocycles. The SMILES string of the molecule is Cc1ccc(-c2ccsc2C(=O)NNS(=O)(=O)c2ccc(Cl)c(C(=O)O)c2)cc1. The zero-order chi connectivity index (χ0) is 21.2. The van der Waals surface area contributed by atoms with Crippen molar-refractivity contribution in [2.24, 2.45) is 0 Å². The number of thiophene rings is 1. The molecule has 150 valence electrons. The maximum Gasteiger partial charge on any atom is 0.337 e. The lowest BCUT2D eigenvalue weighted by Gasteiger charge is -2.10. The van der Waals surface area contributed by atoms with Crippen LogP contribution in [0, 0.1) is 6.92 Å². The fraction of sp³-hybridized carbons (Fsp3) is 0.0526. The van der Waals surface area contributed by atoms with Gasteiger partial charge in [-0.2, -0.15) is 0 Å². The average Bonchev–Trinajstić information content (AvgIpc) is 3.16. The van der Waals surface area contributed by atoms with Crippen molar-refractivity contribution in [2.75, 3.05) is 0 Å². The molecule has 0 aliphatic heterocycles. The lowest BCUT2D eigenvalue weighted by Crippen LogP contribution is -2.41. The minimum absolute atomic E-state index is 0.0955. The smallest absolute Gasteiger partial charge is 0.337 e. The summed E-state index contributed by atoms with van der Waals surface area (Å²) in [4.78, 5) is 25.6. The summed E-state index contributed by atoms with van der Waals surface area (Å²) in [5.41, 5.74) is 4.38. The van der Waals surface area contributed by atoms with Gasteiger partial charge in [-0.3, -0.25) is 10.2 Å². The average molecular weight is 451 g/mol. The maximum atomic E-state index is 12.5. The number of rotatable bonds is 6. The summed E-state index contributed by atoms with van der Waals surface area (Å²) in [6.45, 7) is 1.95. The van der Waals surface area contributed by atoms with Crippen LogP contribution < -0.4 is 10.3 Å². The van der Waals surface area contributed by atoms with Gasteiger partial charge < -0.3 is 5.11 Å². The molecule has 0 atom stereocenters. The van der Waals surface area contributed by atoms with E-state index < -0.39 is 21.9 Å². The number of hydrogen-bond donors (Lipinski definition) is 3. The largest absolute Gasteiger partial charge is 0.478 e. The first-order valence-corrected chi connectivity index (χ1v) is 10.9. The number of sulfonamides is 1. The molecule has 3 rings (SSSR count). The number of carbonyl (C=O) groups is 2. The van der Waals surface area contributed by atoms with Crippen LogP contribution in [0.15, 0.2) is 58.8 Å². The topological polar surface area (TPSA) is 113 Å². The molecule has 3 N–H and O–H groups in total. The van der Waals surface area contributed by atoms with E-state index in [4.69, 9.17) is 16.7 Å². The van der Waals surface area contributed by atoms with E-state index in [0.717, 1.165) is 29.3 Å². The first-order valence-electron chi connectivity index (χ1n) is 8.18. The molecule has 0 radical (unpaired) electrons. The molecule has 29 heavy (non-hydrogen) atoms. The molecule has 10 heteroatoms. The molecule has 0 unspecified atom stereocenters. The van der Waals surface area contributed by atoms with Crippen molar-refractivity contribution in [1.82, 2.24) is 10.3 Å². The van der Waals surface area contributed by atoms with Gasteiger partial charge in [0.05, 0.1) is 15.5 Å². The highest BCUT2D eigenvalue weighted by Gasteiger charge is 2.21. The van der Waals surface area contributed by atoms with E-state index in [-0.39, 0.29) is 15.5 Å². The first kappa shape index (κ1) is 21.0. The third-order valence-electron chi connectivity index (χ3n) is 4.01. The fourth-order valence-corrected chi connectivity index (χ4v) is 4.38. The summed E-state index contributed by atoms with van der Waals surface area (Å²) in [5.74, 6) is -2.00. The fourth-order valence-electron chi connectivity index (χ4n) is 2.51. The van der Waals surface area contributed by atoms with Crippen LogP contribution in [0.1, 0.15) is 25.6 Å². The first-order chi connectivity index (χ1) is 13.7. The van der Waals surface area contributed by atoms with Gasteiger partial charge in [0, 0.05) is 5.56 Å². The van der Waals surface area contributed by atoms with E-state index in [1.807, 2.05) is 36.0 Å². The Morgan fingerprint density at radius 3 is 2.41 bits per heavy atom. The van der Waals surface area contributed by atoms with Crippen LogP contribution in [0.4, 0.5) is 0 Å². The van der Waals surface area contributed by atoms with Crippen molar-refractivity contribution in [3.05, 3.63) is 74.9 Å². The van der Waals surface area contributed by atoms with E-state index in [0.29, 0.717) is 10.4 Å². The lowest BCUT2D eigenvalue weighted by molar-refractivity contribution is 0.0696. The number of hydrogen-bond acceptors (Lipinski definition) is 5. The van der Waals surface area contributed by atoms with Crippen molar-refractivity contribution in [1.29, 1.82) is 0 Å². The summed E-state index contributed by atoms with van der Waals surface area (Å²) in [7, 11) is -4.20. The van der Waals surface area contributed by atoms with Crippen LogP contribution in [0.5, 0.6) is 0 Å². The minimum Gasteiger partial charge on any atom is -0.478 e. The van der Waals surface area contributed by atoms with Gasteiger partial charge in [0.25, 0.3) is 15.9 Å². The number of carboxylic acid groups (broad SMARTS) is 1. The molecule has 0 bridgehead atoms. The Balaban J connectivity index is 1.79. The number of halogens is 1. The van der Waals surface area contributed by atoms with E-state index in [1.54, 1.807) is 11.4 Å². The number of hydrazine groups is 1. The third-order valence-corrected chi connectivity index (χ3v) is 6.50. The Morgan fingerprint density at radius 1 is 1.07 bits per heavy atom. The van der Waals surface area contributed by atoms with Gasteiger partial charge in [-0.05, 0) is 42.1 Å². The normalized spacial score (nSPS) is 11.2. The predicted molar refractivity (Wildman–Crippen MR) is 111 cm³/mol. The van der Waals surface area contributed by atoms with Gasteiger partial charge in [-0.15, -0.1) is 16.2 Å². The molecule has 0 spiro atoms. The molecular formula is C19H15ClN2O5S2. The maximum absolute atomic E-state index is 12.5. The highest BCUT2D eigenvalue weighted by molar-refractivity contribution is 7.89. The summed E-state index contributed by atoms with van der Waals surface area (Å²) >= 11 is 6.93. The van der Waals surface area contributed by atoms with Gasteiger partial charge in [-0.25, -0.2) is 13.2 Å². The van der Waals surface area contributed by atoms with Gasteiger partial charge in [-0.1, -0.05) is 41.4 Å². The van der Waals surface area contributed by atoms with Crippen molar-refractivity contribution < 1.29 is 23.1 Å². The third kappa shape index (κ3) is 4.65. The molecule has 0 saturated heterocycles. The Morgan fingerprint density at radius 2 is 1.76 bits per heavy atom. The number of amides is 1.